The van der Waals surface area contributed by atoms with E-state index in [1.54, 1.807) is 27.7 Å². The SMILES string of the molecule is Cn1c(B2OC(C)(C)C(C)(C)O2)cc(C(F)(F)F)cc1=O. The fourth-order valence-electron chi connectivity index (χ4n) is 2.01. The molecule has 1 aliphatic rings. The molecule has 116 valence electrons. The minimum absolute atomic E-state index is 0.0495. The smallest absolute Gasteiger partial charge is 0.398 e. The van der Waals surface area contributed by atoms with E-state index in [2.05, 4.69) is 0 Å². The number of pyridine rings is 1. The van der Waals surface area contributed by atoms with Gasteiger partial charge < -0.3 is 13.9 Å². The average molecular weight is 303 g/mol. The molecular weight excluding hydrogens is 286 g/mol. The Kier molecular flexibility index (Phi) is 3.53. The van der Waals surface area contributed by atoms with E-state index in [0.717, 1.165) is 10.6 Å². The summed E-state index contributed by atoms with van der Waals surface area (Å²) in [6.45, 7) is 7.16. The molecule has 0 atom stereocenters. The number of rotatable bonds is 1. The van der Waals surface area contributed by atoms with Gasteiger partial charge in [0.1, 0.15) is 0 Å². The van der Waals surface area contributed by atoms with Crippen LogP contribution in [0.25, 0.3) is 0 Å². The van der Waals surface area contributed by atoms with Gasteiger partial charge in [-0.15, -0.1) is 0 Å². The van der Waals surface area contributed by atoms with Gasteiger partial charge in [0.05, 0.1) is 22.4 Å². The van der Waals surface area contributed by atoms with E-state index < -0.39 is 35.6 Å². The Bertz CT molecular complexity index is 606. The van der Waals surface area contributed by atoms with Gasteiger partial charge in [-0.05, 0) is 33.8 Å². The molecule has 1 saturated heterocycles. The van der Waals surface area contributed by atoms with Gasteiger partial charge in [-0.3, -0.25) is 4.79 Å². The molecule has 0 unspecified atom stereocenters. The maximum absolute atomic E-state index is 12.8. The normalized spacial score (nSPS) is 20.9. The Labute approximate surface area is 121 Å². The quantitative estimate of drug-likeness (QED) is 0.742. The molecule has 0 aromatic carbocycles. The first-order chi connectivity index (χ1) is 9.35. The highest BCUT2D eigenvalue weighted by atomic mass is 19.4. The molecule has 0 amide bonds. The fourth-order valence-corrected chi connectivity index (χ4v) is 2.01. The number of hydrogen-bond acceptors (Lipinski definition) is 3. The zero-order chi connectivity index (χ0) is 16.2. The van der Waals surface area contributed by atoms with Gasteiger partial charge in [0.2, 0.25) is 0 Å². The van der Waals surface area contributed by atoms with Gasteiger partial charge in [0.15, 0.2) is 0 Å². The first-order valence-corrected chi connectivity index (χ1v) is 6.49. The number of halogens is 3. The van der Waals surface area contributed by atoms with E-state index in [-0.39, 0.29) is 5.59 Å². The van der Waals surface area contributed by atoms with Crippen molar-refractivity contribution in [2.24, 2.45) is 7.05 Å². The van der Waals surface area contributed by atoms with E-state index in [1.807, 2.05) is 0 Å². The summed E-state index contributed by atoms with van der Waals surface area (Å²) in [7, 11) is 0.373. The molecule has 1 aliphatic heterocycles. The van der Waals surface area contributed by atoms with Crippen molar-refractivity contribution in [2.45, 2.75) is 45.1 Å². The van der Waals surface area contributed by atoms with Gasteiger partial charge in [0, 0.05) is 13.1 Å². The Morgan fingerprint density at radius 2 is 1.57 bits per heavy atom. The van der Waals surface area contributed by atoms with E-state index >= 15 is 0 Å². The summed E-state index contributed by atoms with van der Waals surface area (Å²) in [4.78, 5) is 11.7. The molecule has 0 spiro atoms. The summed E-state index contributed by atoms with van der Waals surface area (Å²) in [5.74, 6) is 0. The monoisotopic (exact) mass is 303 g/mol. The van der Waals surface area contributed by atoms with Crippen LogP contribution in [0.5, 0.6) is 0 Å². The minimum atomic E-state index is -4.59. The molecule has 4 nitrogen and oxygen atoms in total. The van der Waals surface area contributed by atoms with Crippen molar-refractivity contribution in [3.63, 3.8) is 0 Å². The standard InChI is InChI=1S/C13H17BF3NO3/c1-11(2)12(3,4)21-14(20-11)9-6-8(13(15,16)17)7-10(19)18(9)5/h6-7H,1-5H3. The molecule has 0 saturated carbocycles. The van der Waals surface area contributed by atoms with Crippen molar-refractivity contribution in [3.8, 4) is 0 Å². The van der Waals surface area contributed by atoms with Crippen LogP contribution in [0, 0.1) is 0 Å². The van der Waals surface area contributed by atoms with Gasteiger partial charge in [-0.2, -0.15) is 13.2 Å². The van der Waals surface area contributed by atoms with Gasteiger partial charge >= 0.3 is 13.3 Å². The van der Waals surface area contributed by atoms with Crippen molar-refractivity contribution < 1.29 is 22.5 Å². The lowest BCUT2D eigenvalue weighted by Gasteiger charge is -2.32. The predicted molar refractivity (Wildman–Crippen MR) is 72.4 cm³/mol. The van der Waals surface area contributed by atoms with Crippen LogP contribution in [-0.2, 0) is 22.5 Å². The van der Waals surface area contributed by atoms with E-state index in [1.165, 1.54) is 7.05 Å². The molecule has 1 aromatic heterocycles. The molecule has 8 heteroatoms. The Balaban J connectivity index is 2.51. The number of aromatic nitrogens is 1. The van der Waals surface area contributed by atoms with Crippen molar-refractivity contribution >= 4 is 12.7 Å². The average Bonchev–Trinajstić information content (AvgIpc) is 2.50. The van der Waals surface area contributed by atoms with Crippen molar-refractivity contribution in [1.29, 1.82) is 0 Å². The fraction of sp³-hybridized carbons (Fsp3) is 0.615. The lowest BCUT2D eigenvalue weighted by Crippen LogP contribution is -2.45. The van der Waals surface area contributed by atoms with Crippen LogP contribution in [-0.4, -0.2) is 22.9 Å². The van der Waals surface area contributed by atoms with Crippen LogP contribution in [0.3, 0.4) is 0 Å². The number of hydrogen-bond donors (Lipinski definition) is 0. The first-order valence-electron chi connectivity index (χ1n) is 6.49. The largest absolute Gasteiger partial charge is 0.512 e. The molecule has 0 N–H and O–H groups in total. The molecule has 2 heterocycles. The summed E-state index contributed by atoms with van der Waals surface area (Å²) in [5.41, 5.74) is -3.09. The second-order valence-corrected chi connectivity index (χ2v) is 6.15. The summed E-state index contributed by atoms with van der Waals surface area (Å²) < 4.78 is 51.0. The summed E-state index contributed by atoms with van der Waals surface area (Å²) in [6.07, 6.45) is -4.59. The van der Waals surface area contributed by atoms with Crippen molar-refractivity contribution in [2.75, 3.05) is 0 Å². The van der Waals surface area contributed by atoms with Crippen LogP contribution in [0.1, 0.15) is 33.3 Å². The van der Waals surface area contributed by atoms with Crippen LogP contribution in [0.4, 0.5) is 13.2 Å². The van der Waals surface area contributed by atoms with Crippen molar-refractivity contribution in [3.05, 3.63) is 28.0 Å². The third-order valence-corrected chi connectivity index (χ3v) is 4.12. The second kappa shape index (κ2) is 4.61. The molecule has 0 aliphatic carbocycles. The number of alkyl halides is 3. The highest BCUT2D eigenvalue weighted by Gasteiger charge is 2.52. The van der Waals surface area contributed by atoms with Crippen LogP contribution in [0.15, 0.2) is 16.9 Å². The molecular formula is C13H17BF3NO3. The Morgan fingerprint density at radius 3 is 2.00 bits per heavy atom. The number of nitrogens with zero attached hydrogens (tertiary/aromatic N) is 1. The highest BCUT2D eigenvalue weighted by Crippen LogP contribution is 2.36. The first kappa shape index (κ1) is 16.1. The Hall–Kier alpha value is -1.28. The van der Waals surface area contributed by atoms with Gasteiger partial charge in [-0.25, -0.2) is 0 Å². The molecule has 21 heavy (non-hydrogen) atoms. The topological polar surface area (TPSA) is 40.5 Å². The summed E-state index contributed by atoms with van der Waals surface area (Å²) >= 11 is 0. The lowest BCUT2D eigenvalue weighted by molar-refractivity contribution is -0.137. The van der Waals surface area contributed by atoms with Crippen LogP contribution in [0.2, 0.25) is 0 Å². The predicted octanol–water partition coefficient (Wildman–Crippen LogP) is 1.70. The molecule has 1 fully saturated rings. The maximum Gasteiger partial charge on any atom is 0.512 e. The van der Waals surface area contributed by atoms with Gasteiger partial charge in [0.25, 0.3) is 5.56 Å². The van der Waals surface area contributed by atoms with E-state index in [0.29, 0.717) is 6.07 Å². The highest BCUT2D eigenvalue weighted by molar-refractivity contribution is 6.61. The second-order valence-electron chi connectivity index (χ2n) is 6.15. The maximum atomic E-state index is 12.8. The molecule has 2 rings (SSSR count). The summed E-state index contributed by atoms with van der Waals surface area (Å²) in [6, 6.07) is 1.46. The van der Waals surface area contributed by atoms with E-state index in [9.17, 15) is 18.0 Å². The Morgan fingerprint density at radius 1 is 1.10 bits per heavy atom. The van der Waals surface area contributed by atoms with Crippen molar-refractivity contribution in [1.82, 2.24) is 4.57 Å². The molecule has 0 radical (unpaired) electrons. The molecule has 0 bridgehead atoms. The van der Waals surface area contributed by atoms with Gasteiger partial charge in [-0.1, -0.05) is 0 Å². The summed E-state index contributed by atoms with van der Waals surface area (Å²) in [5, 5.41) is 0. The van der Waals surface area contributed by atoms with E-state index in [4.69, 9.17) is 9.31 Å². The molecule has 1 aromatic rings. The third kappa shape index (κ3) is 2.74. The van der Waals surface area contributed by atoms with Crippen LogP contribution < -0.4 is 11.2 Å². The zero-order valence-corrected chi connectivity index (χ0v) is 12.5. The minimum Gasteiger partial charge on any atom is -0.398 e. The van der Waals surface area contributed by atoms with Crippen LogP contribution >= 0.6 is 0 Å². The lowest BCUT2D eigenvalue weighted by atomic mass is 9.83. The zero-order valence-electron chi connectivity index (χ0n) is 12.5. The third-order valence-electron chi connectivity index (χ3n) is 4.12.